The molecule has 0 unspecified atom stereocenters. The van der Waals surface area contributed by atoms with E-state index < -0.39 is 17.2 Å². The Hall–Kier alpha value is -1.77. The van der Waals surface area contributed by atoms with Crippen molar-refractivity contribution >= 4 is 30.8 Å². The first kappa shape index (κ1) is 31.2. The van der Waals surface area contributed by atoms with Crippen LogP contribution in [0.3, 0.4) is 0 Å². The van der Waals surface area contributed by atoms with E-state index >= 15 is 0 Å². The fraction of sp³-hybridized carbons (Fsp3) is 0.480. The summed E-state index contributed by atoms with van der Waals surface area (Å²) in [5.74, 6) is -1.87. The molecular weight excluding hydrogens is 462 g/mol. The molecule has 0 spiro atoms. The van der Waals surface area contributed by atoms with Gasteiger partial charge >= 0.3 is 0 Å². The first-order valence-corrected chi connectivity index (χ1v) is 12.7. The maximum atomic E-state index is 13.0. The van der Waals surface area contributed by atoms with E-state index in [2.05, 4.69) is 35.6 Å². The molecule has 0 atom stereocenters. The predicted octanol–water partition coefficient (Wildman–Crippen LogP) is 6.35. The Labute approximate surface area is 207 Å². The molecule has 4 nitrogen and oxygen atoms in total. The second kappa shape index (κ2) is 17.7. The molecule has 2 aromatic rings. The van der Waals surface area contributed by atoms with Crippen LogP contribution in [0, 0.1) is 11.6 Å². The number of thiol groups is 1. The zero-order chi connectivity index (χ0) is 25.3. The van der Waals surface area contributed by atoms with Crippen LogP contribution in [0.15, 0.2) is 52.3 Å². The highest BCUT2D eigenvalue weighted by atomic mass is 32.2. The summed E-state index contributed by atoms with van der Waals surface area (Å²) in [6.45, 7) is 11.4. The molecule has 33 heavy (non-hydrogen) atoms. The zero-order valence-corrected chi connectivity index (χ0v) is 22.2. The molecule has 2 aromatic carbocycles. The Morgan fingerprint density at radius 2 is 1.73 bits per heavy atom. The third-order valence-electron chi connectivity index (χ3n) is 4.03. The lowest BCUT2D eigenvalue weighted by Gasteiger charge is -2.21. The summed E-state index contributed by atoms with van der Waals surface area (Å²) in [7, 11) is 0. The van der Waals surface area contributed by atoms with Crippen LogP contribution in [0.5, 0.6) is 5.75 Å². The van der Waals surface area contributed by atoms with Crippen LogP contribution in [0.4, 0.5) is 8.78 Å². The molecule has 1 aliphatic heterocycles. The smallest absolute Gasteiger partial charge is 0.207 e. The van der Waals surface area contributed by atoms with Crippen molar-refractivity contribution in [2.24, 2.45) is 0 Å². The number of carbonyl (C=O) groups excluding carboxylic acids is 1. The average molecular weight is 501 g/mol. The number of rotatable bonds is 4. The number of ether oxygens (including phenoxy) is 1. The minimum atomic E-state index is -0.933. The highest BCUT2D eigenvalue weighted by Crippen LogP contribution is 2.23. The van der Waals surface area contributed by atoms with Gasteiger partial charge in [-0.15, -0.1) is 24.4 Å². The molecule has 1 fully saturated rings. The first-order valence-electron chi connectivity index (χ1n) is 11.0. The normalized spacial score (nSPS) is 13.1. The lowest BCUT2D eigenvalue weighted by molar-refractivity contribution is -0.110. The van der Waals surface area contributed by atoms with E-state index in [1.807, 2.05) is 32.0 Å². The van der Waals surface area contributed by atoms with Gasteiger partial charge in [0.05, 0.1) is 0 Å². The Balaban J connectivity index is 0.000000458. The van der Waals surface area contributed by atoms with Gasteiger partial charge in [-0.1, -0.05) is 26.0 Å². The minimum absolute atomic E-state index is 0.0486. The molecule has 0 bridgehead atoms. The largest absolute Gasteiger partial charge is 0.485 e. The van der Waals surface area contributed by atoms with Crippen LogP contribution in [0.25, 0.3) is 0 Å². The lowest BCUT2D eigenvalue weighted by Crippen LogP contribution is -2.39. The Morgan fingerprint density at radius 3 is 2.21 bits per heavy atom. The molecule has 0 aromatic heterocycles. The molecule has 2 N–H and O–H groups in total. The topological polar surface area (TPSA) is 50.4 Å². The summed E-state index contributed by atoms with van der Waals surface area (Å²) in [5.41, 5.74) is -0.519. The first-order chi connectivity index (χ1) is 15.7. The van der Waals surface area contributed by atoms with Crippen molar-refractivity contribution < 1.29 is 18.3 Å². The molecule has 3 rings (SSSR count). The summed E-state index contributed by atoms with van der Waals surface area (Å²) < 4.78 is 30.9. The standard InChI is InChI=1S/C10H12F2O.C7H8S2.C6H12N2O.C2H6/c1-10(2,3)13-8-6-4-5-7(11)9(8)12;1-9-7-4-2-3-6(8)5-7;9-5-8-6-1-3-7-4-2-6;1-2/h4-6H,1-3H3;2-5,8H,1H3;5-7H,1-4H2,(H,8,9);1-2H3. The highest BCUT2D eigenvalue weighted by molar-refractivity contribution is 7.98. The quantitative estimate of drug-likeness (QED) is 0.260. The molecule has 0 aliphatic carbocycles. The predicted molar refractivity (Wildman–Crippen MR) is 139 cm³/mol. The number of benzene rings is 2. The Morgan fingerprint density at radius 1 is 1.12 bits per heavy atom. The van der Waals surface area contributed by atoms with Crippen molar-refractivity contribution in [3.63, 3.8) is 0 Å². The number of piperidine rings is 1. The van der Waals surface area contributed by atoms with Crippen LogP contribution in [-0.2, 0) is 4.79 Å². The molecule has 1 amide bonds. The van der Waals surface area contributed by atoms with Gasteiger partial charge in [-0.05, 0) is 83.3 Å². The molecule has 0 saturated carbocycles. The zero-order valence-electron chi connectivity index (χ0n) is 20.5. The number of nitrogens with one attached hydrogen (secondary N) is 2. The van der Waals surface area contributed by atoms with Crippen LogP contribution >= 0.6 is 24.4 Å². The van der Waals surface area contributed by atoms with Gasteiger partial charge in [0.2, 0.25) is 12.2 Å². The monoisotopic (exact) mass is 500 g/mol. The highest BCUT2D eigenvalue weighted by Gasteiger charge is 2.16. The van der Waals surface area contributed by atoms with E-state index in [9.17, 15) is 13.6 Å². The van der Waals surface area contributed by atoms with Gasteiger partial charge in [0.15, 0.2) is 11.6 Å². The SMILES string of the molecule is CC.CC(C)(C)Oc1cccc(F)c1F.CSc1cccc(S)c1.O=CNC1CCNCC1. The van der Waals surface area contributed by atoms with Crippen LogP contribution in [0.2, 0.25) is 0 Å². The third-order valence-corrected chi connectivity index (χ3v) is 5.03. The molecule has 1 heterocycles. The van der Waals surface area contributed by atoms with Gasteiger partial charge in [-0.25, -0.2) is 4.39 Å². The Bertz CT molecular complexity index is 796. The summed E-state index contributed by atoms with van der Waals surface area (Å²) in [6, 6.07) is 12.4. The lowest BCUT2D eigenvalue weighted by atomic mass is 10.1. The fourth-order valence-corrected chi connectivity index (χ4v) is 3.36. The number of amides is 1. The summed E-state index contributed by atoms with van der Waals surface area (Å²) >= 11 is 5.93. The van der Waals surface area contributed by atoms with Gasteiger partial charge in [0.1, 0.15) is 5.60 Å². The third kappa shape index (κ3) is 14.9. The van der Waals surface area contributed by atoms with Crippen molar-refractivity contribution in [3.05, 3.63) is 54.1 Å². The molecular formula is C25H38F2N2O2S2. The Kier molecular flexibility index (Phi) is 16.7. The average Bonchev–Trinajstić information content (AvgIpc) is 2.79. The van der Waals surface area contributed by atoms with E-state index in [0.717, 1.165) is 43.3 Å². The van der Waals surface area contributed by atoms with Gasteiger partial charge in [0, 0.05) is 15.8 Å². The maximum absolute atomic E-state index is 13.0. The summed E-state index contributed by atoms with van der Waals surface area (Å²) in [5, 5.41) is 5.98. The van der Waals surface area contributed by atoms with Gasteiger partial charge in [-0.3, -0.25) is 4.79 Å². The van der Waals surface area contributed by atoms with Crippen molar-refractivity contribution in [2.45, 2.75) is 68.9 Å². The van der Waals surface area contributed by atoms with E-state index in [0.29, 0.717) is 6.04 Å². The minimum Gasteiger partial charge on any atom is -0.485 e. The summed E-state index contributed by atoms with van der Waals surface area (Å²) in [6.07, 6.45) is 4.98. The molecule has 8 heteroatoms. The molecule has 1 aliphatic rings. The van der Waals surface area contributed by atoms with E-state index in [1.165, 1.54) is 17.0 Å². The van der Waals surface area contributed by atoms with Gasteiger partial charge in [0.25, 0.3) is 0 Å². The van der Waals surface area contributed by atoms with Crippen LogP contribution in [-0.4, -0.2) is 37.4 Å². The van der Waals surface area contributed by atoms with E-state index in [4.69, 9.17) is 4.74 Å². The van der Waals surface area contributed by atoms with Crippen molar-refractivity contribution in [1.29, 1.82) is 0 Å². The summed E-state index contributed by atoms with van der Waals surface area (Å²) in [4.78, 5) is 12.2. The van der Waals surface area contributed by atoms with Crippen LogP contribution < -0.4 is 15.4 Å². The number of thioether (sulfide) groups is 1. The number of carbonyl (C=O) groups is 1. The van der Waals surface area contributed by atoms with Crippen molar-refractivity contribution in [2.75, 3.05) is 19.3 Å². The molecule has 186 valence electrons. The fourth-order valence-electron chi connectivity index (χ4n) is 2.59. The van der Waals surface area contributed by atoms with Gasteiger partial charge in [-0.2, -0.15) is 4.39 Å². The molecule has 1 saturated heterocycles. The maximum Gasteiger partial charge on any atom is 0.207 e. The van der Waals surface area contributed by atoms with Crippen molar-refractivity contribution in [1.82, 2.24) is 10.6 Å². The second-order valence-corrected chi connectivity index (χ2v) is 9.17. The van der Waals surface area contributed by atoms with Crippen LogP contribution in [0.1, 0.15) is 47.5 Å². The number of halogens is 2. The van der Waals surface area contributed by atoms with Gasteiger partial charge < -0.3 is 15.4 Å². The molecule has 0 radical (unpaired) electrons. The number of hydrogen-bond acceptors (Lipinski definition) is 5. The van der Waals surface area contributed by atoms with E-state index in [1.54, 1.807) is 32.5 Å². The second-order valence-electron chi connectivity index (χ2n) is 7.78. The number of hydrogen-bond donors (Lipinski definition) is 3. The van der Waals surface area contributed by atoms with Crippen molar-refractivity contribution in [3.8, 4) is 5.75 Å². The van der Waals surface area contributed by atoms with E-state index in [-0.39, 0.29) is 5.75 Å².